The fourth-order valence-corrected chi connectivity index (χ4v) is 0.486. The monoisotopic (exact) mass is 234 g/mol. The Morgan fingerprint density at radius 3 is 1.38 bits per heavy atom. The molecule has 0 saturated carbocycles. The molecule has 0 fully saturated rings. The van der Waals surface area contributed by atoms with Gasteiger partial charge in [-0.1, -0.05) is 0 Å². The average molecular weight is 234 g/mol. The Morgan fingerprint density at radius 2 is 1.38 bits per heavy atom. The molecule has 0 amide bonds. The van der Waals surface area contributed by atoms with Crippen LogP contribution in [0.3, 0.4) is 0 Å². The number of rotatable bonds is 2. The maximum atomic E-state index is 8.89. The molecular formula is C8H15CoO4. The number of carbonyl (C=O) groups excluding carboxylic acids is 2. The quantitative estimate of drug-likeness (QED) is 0.630. The van der Waals surface area contributed by atoms with Gasteiger partial charge in [-0.05, 0) is 13.8 Å². The summed E-state index contributed by atoms with van der Waals surface area (Å²) < 4.78 is 0. The van der Waals surface area contributed by atoms with Gasteiger partial charge in [0.2, 0.25) is 0 Å². The summed E-state index contributed by atoms with van der Waals surface area (Å²) in [5, 5.41) is 18.8. The standard InChI is InChI=1S/C4H9.2C2H4O2.Co/c1-3-4-2;2*1-2(3)4;/h1,3-4H2,2H3;2*1H3,(H,3,4);/q;;;+2/p-2. The van der Waals surface area contributed by atoms with Gasteiger partial charge >= 0.3 is 40.9 Å². The predicted molar refractivity (Wildman–Crippen MR) is 41.1 cm³/mol. The van der Waals surface area contributed by atoms with Gasteiger partial charge in [-0.15, -0.1) is 0 Å². The fraction of sp³-hybridized carbons (Fsp3) is 0.750. The summed E-state index contributed by atoms with van der Waals surface area (Å²) in [4.78, 5) is 17.8. The number of unbranched alkanes of at least 4 members (excludes halogenated alkanes) is 1. The molecule has 0 aromatic rings. The summed E-state index contributed by atoms with van der Waals surface area (Å²) in [6, 6.07) is 0. The SMILES string of the molecule is CC(=O)[O-].CC(=O)[O-].CCC[CH2][Co+2]. The van der Waals surface area contributed by atoms with Crippen LogP contribution in [-0.2, 0) is 25.3 Å². The van der Waals surface area contributed by atoms with Gasteiger partial charge in [0.25, 0.3) is 0 Å². The van der Waals surface area contributed by atoms with Gasteiger partial charge in [0.1, 0.15) is 0 Å². The van der Waals surface area contributed by atoms with Crippen molar-refractivity contribution in [3.8, 4) is 0 Å². The van der Waals surface area contributed by atoms with E-state index in [2.05, 4.69) is 22.7 Å². The summed E-state index contributed by atoms with van der Waals surface area (Å²) in [6.45, 7) is 4.11. The molecule has 5 heteroatoms. The van der Waals surface area contributed by atoms with Crippen LogP contribution in [0.5, 0.6) is 0 Å². The second-order valence-electron chi connectivity index (χ2n) is 2.00. The van der Waals surface area contributed by atoms with Crippen molar-refractivity contribution in [2.24, 2.45) is 0 Å². The van der Waals surface area contributed by atoms with E-state index in [-0.39, 0.29) is 0 Å². The summed E-state index contributed by atoms with van der Waals surface area (Å²) in [5.74, 6) is -2.17. The molecule has 0 aromatic carbocycles. The molecule has 13 heavy (non-hydrogen) atoms. The molecule has 0 saturated heterocycles. The van der Waals surface area contributed by atoms with Crippen molar-refractivity contribution in [2.45, 2.75) is 39.0 Å². The summed E-state index contributed by atoms with van der Waals surface area (Å²) >= 11 is 4.04. The maximum absolute atomic E-state index is 8.89. The van der Waals surface area contributed by atoms with Crippen LogP contribution < -0.4 is 10.2 Å². The number of carboxylic acids is 2. The van der Waals surface area contributed by atoms with Crippen LogP contribution in [0.1, 0.15) is 33.6 Å². The molecule has 0 unspecified atom stereocenters. The molecule has 80 valence electrons. The predicted octanol–water partition coefficient (Wildman–Crippen LogP) is -0.736. The average Bonchev–Trinajstić information content (AvgIpc) is 1.86. The first-order valence-corrected chi connectivity index (χ1v) is 4.50. The van der Waals surface area contributed by atoms with E-state index in [0.717, 1.165) is 19.2 Å². The molecule has 0 atom stereocenters. The van der Waals surface area contributed by atoms with Gasteiger partial charge in [0, 0.05) is 11.9 Å². The van der Waals surface area contributed by atoms with Crippen molar-refractivity contribution in [1.82, 2.24) is 0 Å². The van der Waals surface area contributed by atoms with Crippen molar-refractivity contribution in [3.05, 3.63) is 0 Å². The van der Waals surface area contributed by atoms with Crippen molar-refractivity contribution in [3.63, 3.8) is 0 Å². The normalized spacial score (nSPS) is 7.08. The fourth-order valence-electron chi connectivity index (χ4n) is 0.118. The Labute approximate surface area is 86.9 Å². The Morgan fingerprint density at radius 1 is 1.15 bits per heavy atom. The first kappa shape index (κ1) is 18.3. The van der Waals surface area contributed by atoms with Gasteiger partial charge in [-0.2, -0.15) is 0 Å². The van der Waals surface area contributed by atoms with Crippen LogP contribution in [0.25, 0.3) is 0 Å². The Bertz CT molecular complexity index is 103. The van der Waals surface area contributed by atoms with Gasteiger partial charge < -0.3 is 19.8 Å². The molecular weight excluding hydrogens is 219 g/mol. The molecule has 0 aliphatic rings. The van der Waals surface area contributed by atoms with Crippen molar-refractivity contribution in [1.29, 1.82) is 0 Å². The summed E-state index contributed by atoms with van der Waals surface area (Å²) in [6.07, 6.45) is 2.52. The van der Waals surface area contributed by atoms with Crippen LogP contribution in [-0.4, -0.2) is 11.9 Å². The van der Waals surface area contributed by atoms with Crippen LogP contribution in [0.15, 0.2) is 0 Å². The van der Waals surface area contributed by atoms with E-state index in [1.165, 1.54) is 12.8 Å². The van der Waals surface area contributed by atoms with Crippen LogP contribution >= 0.6 is 0 Å². The number of hydrogen-bond acceptors (Lipinski definition) is 4. The molecule has 4 nitrogen and oxygen atoms in total. The molecule has 0 spiro atoms. The molecule has 0 radical (unpaired) electrons. The molecule has 0 aliphatic heterocycles. The second kappa shape index (κ2) is 17.5. The zero-order chi connectivity index (χ0) is 11.3. The minimum atomic E-state index is -1.08. The number of carbonyl (C=O) groups is 2. The minimum absolute atomic E-state index is 0.972. The van der Waals surface area contributed by atoms with E-state index in [9.17, 15) is 0 Å². The van der Waals surface area contributed by atoms with E-state index in [0.29, 0.717) is 0 Å². The Hall–Kier alpha value is -0.554. The molecule has 0 bridgehead atoms. The Balaban J connectivity index is -0.000000117. The van der Waals surface area contributed by atoms with E-state index in [1.54, 1.807) is 0 Å². The topological polar surface area (TPSA) is 80.3 Å². The van der Waals surface area contributed by atoms with Crippen molar-refractivity contribution >= 4 is 11.9 Å². The molecule has 0 heterocycles. The third-order valence-electron chi connectivity index (χ3n) is 0.471. The van der Waals surface area contributed by atoms with Crippen LogP contribution in [0.2, 0.25) is 5.36 Å². The van der Waals surface area contributed by atoms with Gasteiger partial charge in [-0.25, -0.2) is 0 Å². The molecule has 0 aromatic heterocycles. The summed E-state index contributed by atoms with van der Waals surface area (Å²) in [5.41, 5.74) is 0. The van der Waals surface area contributed by atoms with E-state index in [4.69, 9.17) is 19.8 Å². The van der Waals surface area contributed by atoms with Crippen LogP contribution in [0, 0.1) is 0 Å². The van der Waals surface area contributed by atoms with E-state index < -0.39 is 11.9 Å². The third-order valence-corrected chi connectivity index (χ3v) is 0.839. The van der Waals surface area contributed by atoms with Gasteiger partial charge in [0.05, 0.1) is 0 Å². The first-order chi connectivity index (χ1) is 5.88. The zero-order valence-corrected chi connectivity index (χ0v) is 9.13. The van der Waals surface area contributed by atoms with Gasteiger partial charge in [-0.3, -0.25) is 0 Å². The summed E-state index contributed by atoms with van der Waals surface area (Å²) in [7, 11) is 0. The number of aliphatic carboxylic acids is 2. The Kier molecular flexibility index (Phi) is 24.6. The first-order valence-electron chi connectivity index (χ1n) is 3.76. The van der Waals surface area contributed by atoms with E-state index >= 15 is 0 Å². The number of hydrogen-bond donors (Lipinski definition) is 0. The second-order valence-corrected chi connectivity index (χ2v) is 2.52. The molecule has 0 rings (SSSR count). The third kappa shape index (κ3) is 488. The number of carboxylic acid groups (broad SMARTS) is 2. The van der Waals surface area contributed by atoms with Crippen LogP contribution in [0.4, 0.5) is 0 Å². The molecule has 0 aliphatic carbocycles. The van der Waals surface area contributed by atoms with Crippen molar-refractivity contribution < 1.29 is 35.5 Å². The molecule has 0 N–H and O–H groups in total. The van der Waals surface area contributed by atoms with E-state index in [1.807, 2.05) is 0 Å². The van der Waals surface area contributed by atoms with Gasteiger partial charge in [0.15, 0.2) is 0 Å². The van der Waals surface area contributed by atoms with Crippen molar-refractivity contribution in [2.75, 3.05) is 0 Å². The zero-order valence-electron chi connectivity index (χ0n) is 8.09.